The minimum Gasteiger partial charge on any atom is -0.412 e. The van der Waals surface area contributed by atoms with E-state index in [2.05, 4.69) is 13.5 Å². The molecule has 0 saturated carbocycles. The average Bonchev–Trinajstić information content (AvgIpc) is 1.61. The van der Waals surface area contributed by atoms with E-state index in [9.17, 15) is 0 Å². The molecule has 0 rings (SSSR count). The van der Waals surface area contributed by atoms with Crippen LogP contribution in [-0.2, 0) is 0 Å². The van der Waals surface area contributed by atoms with Gasteiger partial charge in [-0.05, 0) is 6.42 Å². The highest BCUT2D eigenvalue weighted by atomic mass is 16.0. The van der Waals surface area contributed by atoms with Gasteiger partial charge in [0.2, 0.25) is 0 Å². The molecule has 0 spiro atoms. The highest BCUT2D eigenvalue weighted by molar-refractivity contribution is 4.64. The molecule has 8 heavy (non-hydrogen) atoms. The van der Waals surface area contributed by atoms with Crippen LogP contribution in [0.5, 0.6) is 0 Å². The van der Waals surface area contributed by atoms with Crippen LogP contribution in [-0.4, -0.2) is 11.0 Å². The maximum atomic E-state index is 3.60. The summed E-state index contributed by atoms with van der Waals surface area (Å²) in [6.07, 6.45) is 5.72. The van der Waals surface area contributed by atoms with Gasteiger partial charge in [0.25, 0.3) is 0 Å². The van der Waals surface area contributed by atoms with Crippen LogP contribution in [0, 0.1) is 0 Å². The van der Waals surface area contributed by atoms with E-state index in [0.29, 0.717) is 0 Å². The Kier molecular flexibility index (Phi) is 31.2. The molecule has 0 atom stereocenters. The maximum Gasteiger partial charge on any atom is -0.0354 e. The third kappa shape index (κ3) is 17.4. The van der Waals surface area contributed by atoms with Gasteiger partial charge in [-0.1, -0.05) is 25.8 Å². The minimum atomic E-state index is 0. The topological polar surface area (TPSA) is 63.0 Å². The van der Waals surface area contributed by atoms with Crippen molar-refractivity contribution >= 4 is 0 Å². The zero-order chi connectivity index (χ0) is 4.83. The largest absolute Gasteiger partial charge is 0.412 e. The molecule has 0 aliphatic rings. The first-order valence-electron chi connectivity index (χ1n) is 2.52. The fourth-order valence-corrected chi connectivity index (χ4v) is 0.348. The van der Waals surface area contributed by atoms with Crippen molar-refractivity contribution in [2.24, 2.45) is 0 Å². The molecular formula is C6H16O2. The molecule has 0 saturated heterocycles. The Hall–Kier alpha value is -0.340. The van der Waals surface area contributed by atoms with E-state index in [4.69, 9.17) is 0 Å². The first-order chi connectivity index (χ1) is 2.91. The Bertz CT molecular complexity index is 35.5. The lowest BCUT2D eigenvalue weighted by molar-refractivity contribution is 0.816. The molecular weight excluding hydrogens is 104 g/mol. The first-order valence-corrected chi connectivity index (χ1v) is 2.52. The van der Waals surface area contributed by atoms with Crippen molar-refractivity contribution in [3.63, 3.8) is 0 Å². The second-order valence-electron chi connectivity index (χ2n) is 1.43. The van der Waals surface area contributed by atoms with Crippen LogP contribution in [0.4, 0.5) is 0 Å². The Balaban J connectivity index is -0.000000125. The molecule has 0 amide bonds. The first kappa shape index (κ1) is 15.6. The Morgan fingerprint density at radius 3 is 2.00 bits per heavy atom. The third-order valence-electron chi connectivity index (χ3n) is 0.762. The predicted molar refractivity (Wildman–Crippen MR) is 36.9 cm³/mol. The molecule has 0 heterocycles. The number of rotatable bonds is 3. The molecule has 4 N–H and O–H groups in total. The lowest BCUT2D eigenvalue weighted by Gasteiger charge is -1.81. The van der Waals surface area contributed by atoms with Crippen molar-refractivity contribution in [1.82, 2.24) is 0 Å². The van der Waals surface area contributed by atoms with E-state index >= 15 is 0 Å². The molecule has 0 aromatic rings. The molecule has 0 aliphatic heterocycles. The van der Waals surface area contributed by atoms with Crippen molar-refractivity contribution in [2.45, 2.75) is 26.2 Å². The summed E-state index contributed by atoms with van der Waals surface area (Å²) in [5.41, 5.74) is 0. The third-order valence-corrected chi connectivity index (χ3v) is 0.762. The van der Waals surface area contributed by atoms with Crippen LogP contribution >= 0.6 is 0 Å². The van der Waals surface area contributed by atoms with Crippen molar-refractivity contribution < 1.29 is 11.0 Å². The molecule has 0 aliphatic carbocycles. The number of allylic oxidation sites excluding steroid dienone is 1. The van der Waals surface area contributed by atoms with Gasteiger partial charge in [-0.25, -0.2) is 0 Å². The Labute approximate surface area is 50.8 Å². The van der Waals surface area contributed by atoms with Crippen LogP contribution in [0.15, 0.2) is 12.7 Å². The zero-order valence-electron chi connectivity index (χ0n) is 5.41. The standard InChI is InChI=1S/C6H12.2H2O/c1-3-5-6-4-2;;/h3H,1,4-6H2,2H3;2*1H2. The predicted octanol–water partition coefficient (Wildman–Crippen LogP) is 0.713. The second kappa shape index (κ2) is 15.9. The number of hydrogen-bond acceptors (Lipinski definition) is 0. The van der Waals surface area contributed by atoms with Crippen molar-refractivity contribution in [2.75, 3.05) is 0 Å². The van der Waals surface area contributed by atoms with Gasteiger partial charge in [0.1, 0.15) is 0 Å². The van der Waals surface area contributed by atoms with Crippen LogP contribution < -0.4 is 0 Å². The molecule has 0 fully saturated rings. The van der Waals surface area contributed by atoms with Gasteiger partial charge in [0, 0.05) is 0 Å². The van der Waals surface area contributed by atoms with E-state index in [0.717, 1.165) is 0 Å². The molecule has 0 unspecified atom stereocenters. The zero-order valence-corrected chi connectivity index (χ0v) is 5.41. The van der Waals surface area contributed by atoms with Gasteiger partial charge in [0.15, 0.2) is 0 Å². The summed E-state index contributed by atoms with van der Waals surface area (Å²) >= 11 is 0. The molecule has 2 heteroatoms. The normalized spacial score (nSPS) is 6.12. The lowest BCUT2D eigenvalue weighted by atomic mass is 10.3. The summed E-state index contributed by atoms with van der Waals surface area (Å²) in [4.78, 5) is 0. The number of hydrogen-bond donors (Lipinski definition) is 0. The van der Waals surface area contributed by atoms with Gasteiger partial charge in [-0.15, -0.1) is 6.58 Å². The van der Waals surface area contributed by atoms with Crippen LogP contribution in [0.25, 0.3) is 0 Å². The van der Waals surface area contributed by atoms with Gasteiger partial charge in [-0.2, -0.15) is 0 Å². The Morgan fingerprint density at radius 2 is 1.88 bits per heavy atom. The van der Waals surface area contributed by atoms with Crippen LogP contribution in [0.1, 0.15) is 26.2 Å². The molecule has 0 bridgehead atoms. The summed E-state index contributed by atoms with van der Waals surface area (Å²) in [7, 11) is 0. The fourth-order valence-electron chi connectivity index (χ4n) is 0.348. The van der Waals surface area contributed by atoms with Crippen LogP contribution in [0.2, 0.25) is 0 Å². The van der Waals surface area contributed by atoms with Crippen molar-refractivity contribution in [3.8, 4) is 0 Å². The van der Waals surface area contributed by atoms with Crippen molar-refractivity contribution in [1.29, 1.82) is 0 Å². The summed E-state index contributed by atoms with van der Waals surface area (Å²) in [5, 5.41) is 0. The summed E-state index contributed by atoms with van der Waals surface area (Å²) in [6.45, 7) is 5.78. The quantitative estimate of drug-likeness (QED) is 0.389. The molecule has 0 radical (unpaired) electrons. The maximum absolute atomic E-state index is 3.60. The highest BCUT2D eigenvalue weighted by Crippen LogP contribution is 1.91. The minimum absolute atomic E-state index is 0. The van der Waals surface area contributed by atoms with E-state index in [1.807, 2.05) is 6.08 Å². The van der Waals surface area contributed by atoms with Crippen LogP contribution in [0.3, 0.4) is 0 Å². The SMILES string of the molecule is C=CCCCC.O.O. The second-order valence-corrected chi connectivity index (χ2v) is 1.43. The van der Waals surface area contributed by atoms with Gasteiger partial charge in [-0.3, -0.25) is 0 Å². The summed E-state index contributed by atoms with van der Waals surface area (Å²) < 4.78 is 0. The Morgan fingerprint density at radius 1 is 1.38 bits per heavy atom. The highest BCUT2D eigenvalue weighted by Gasteiger charge is 1.71. The van der Waals surface area contributed by atoms with Gasteiger partial charge in [0.05, 0.1) is 0 Å². The molecule has 0 aromatic carbocycles. The fraction of sp³-hybridized carbons (Fsp3) is 0.667. The summed E-state index contributed by atoms with van der Waals surface area (Å²) in [5.74, 6) is 0. The lowest BCUT2D eigenvalue weighted by Crippen LogP contribution is -1.61. The van der Waals surface area contributed by atoms with E-state index < -0.39 is 0 Å². The molecule has 2 nitrogen and oxygen atoms in total. The van der Waals surface area contributed by atoms with E-state index in [1.54, 1.807) is 0 Å². The smallest absolute Gasteiger partial charge is 0.0354 e. The van der Waals surface area contributed by atoms with E-state index in [-0.39, 0.29) is 11.0 Å². The van der Waals surface area contributed by atoms with Gasteiger partial charge >= 0.3 is 0 Å². The monoisotopic (exact) mass is 120 g/mol. The molecule has 0 aromatic heterocycles. The van der Waals surface area contributed by atoms with E-state index in [1.165, 1.54) is 19.3 Å². The van der Waals surface area contributed by atoms with Crippen molar-refractivity contribution in [3.05, 3.63) is 12.7 Å². The van der Waals surface area contributed by atoms with Gasteiger partial charge < -0.3 is 11.0 Å². The molecule has 52 valence electrons. The summed E-state index contributed by atoms with van der Waals surface area (Å²) in [6, 6.07) is 0. The average molecular weight is 120 g/mol. The number of unbranched alkanes of at least 4 members (excludes halogenated alkanes) is 2.